The molecule has 1 aromatic carbocycles. The van der Waals surface area contributed by atoms with Gasteiger partial charge in [0.2, 0.25) is 5.88 Å². The number of hydrogen-bond acceptors (Lipinski definition) is 8. The van der Waals surface area contributed by atoms with Gasteiger partial charge in [-0.15, -0.1) is 0 Å². The van der Waals surface area contributed by atoms with Crippen molar-refractivity contribution in [1.82, 2.24) is 9.97 Å². The average molecular weight is 433 g/mol. The van der Waals surface area contributed by atoms with E-state index in [1.807, 2.05) is 43.5 Å². The molecular weight excluding hydrogens is 404 g/mol. The quantitative estimate of drug-likeness (QED) is 0.485. The number of rotatable bonds is 7. The first-order valence-electron chi connectivity index (χ1n) is 10.1. The summed E-state index contributed by atoms with van der Waals surface area (Å²) in [5, 5.41) is 0.671. The van der Waals surface area contributed by atoms with E-state index < -0.39 is 11.4 Å². The summed E-state index contributed by atoms with van der Waals surface area (Å²) in [5.74, 6) is -0.113. The van der Waals surface area contributed by atoms with Gasteiger partial charge in [0.25, 0.3) is 0 Å². The Morgan fingerprint density at radius 2 is 1.73 bits per heavy atom. The minimum atomic E-state index is -0.660. The van der Waals surface area contributed by atoms with Crippen LogP contribution in [-0.4, -0.2) is 49.8 Å². The van der Waals surface area contributed by atoms with Crippen LogP contribution < -0.4 is 4.74 Å². The molecular formula is C22H28N2O5S. The highest BCUT2D eigenvalue weighted by Gasteiger charge is 2.37. The molecule has 2 fully saturated rings. The Bertz CT molecular complexity index is 849. The SMILES string of the molecule is COC1(c2cc(OCc3ccc(C4(C)OCCO4)cc3)nc(SC)n2)CCOCC1. The van der Waals surface area contributed by atoms with Crippen molar-refractivity contribution in [3.05, 3.63) is 47.2 Å². The monoisotopic (exact) mass is 432 g/mol. The van der Waals surface area contributed by atoms with Crippen molar-refractivity contribution < 1.29 is 23.7 Å². The Kier molecular flexibility index (Phi) is 6.60. The van der Waals surface area contributed by atoms with E-state index in [1.54, 1.807) is 7.11 Å². The molecule has 0 bridgehead atoms. The highest BCUT2D eigenvalue weighted by atomic mass is 32.2. The first-order chi connectivity index (χ1) is 14.6. The van der Waals surface area contributed by atoms with Gasteiger partial charge in [0.15, 0.2) is 10.9 Å². The molecule has 0 unspecified atom stereocenters. The highest BCUT2D eigenvalue weighted by molar-refractivity contribution is 7.98. The molecule has 3 heterocycles. The zero-order valence-corrected chi connectivity index (χ0v) is 18.5. The molecule has 0 amide bonds. The van der Waals surface area contributed by atoms with Crippen LogP contribution >= 0.6 is 11.8 Å². The smallest absolute Gasteiger partial charge is 0.218 e. The Morgan fingerprint density at radius 1 is 1.03 bits per heavy atom. The van der Waals surface area contributed by atoms with Crippen molar-refractivity contribution in [2.24, 2.45) is 0 Å². The Balaban J connectivity index is 1.49. The van der Waals surface area contributed by atoms with Crippen LogP contribution in [0, 0.1) is 0 Å². The topological polar surface area (TPSA) is 71.9 Å². The molecule has 0 aliphatic carbocycles. The maximum atomic E-state index is 6.03. The minimum absolute atomic E-state index is 0.409. The van der Waals surface area contributed by atoms with Crippen LogP contribution in [0.25, 0.3) is 0 Å². The maximum absolute atomic E-state index is 6.03. The van der Waals surface area contributed by atoms with Crippen LogP contribution in [0.3, 0.4) is 0 Å². The van der Waals surface area contributed by atoms with E-state index in [0.29, 0.717) is 44.1 Å². The fourth-order valence-corrected chi connectivity index (χ4v) is 4.18. The van der Waals surface area contributed by atoms with E-state index in [9.17, 15) is 0 Å². The third kappa shape index (κ3) is 4.48. The molecule has 2 aliphatic heterocycles. The molecule has 8 heteroatoms. The van der Waals surface area contributed by atoms with Crippen molar-refractivity contribution in [3.63, 3.8) is 0 Å². The van der Waals surface area contributed by atoms with Crippen molar-refractivity contribution >= 4 is 11.8 Å². The van der Waals surface area contributed by atoms with Gasteiger partial charge in [0.1, 0.15) is 12.2 Å². The fraction of sp³-hybridized carbons (Fsp3) is 0.545. The number of methoxy groups -OCH3 is 1. The molecule has 2 saturated heterocycles. The molecule has 7 nitrogen and oxygen atoms in total. The van der Waals surface area contributed by atoms with Gasteiger partial charge >= 0.3 is 0 Å². The number of hydrogen-bond donors (Lipinski definition) is 0. The normalized spacial score (nSPS) is 20.2. The van der Waals surface area contributed by atoms with Crippen molar-refractivity contribution in [2.45, 2.75) is 42.9 Å². The minimum Gasteiger partial charge on any atom is -0.473 e. The van der Waals surface area contributed by atoms with E-state index in [2.05, 4.69) is 4.98 Å². The van der Waals surface area contributed by atoms with Gasteiger partial charge in [-0.1, -0.05) is 36.0 Å². The van der Waals surface area contributed by atoms with Gasteiger partial charge < -0.3 is 23.7 Å². The summed E-state index contributed by atoms with van der Waals surface area (Å²) in [6.07, 6.45) is 3.48. The molecule has 0 radical (unpaired) electrons. The summed E-state index contributed by atoms with van der Waals surface area (Å²) in [6.45, 7) is 4.89. The lowest BCUT2D eigenvalue weighted by molar-refractivity contribution is -0.149. The summed E-state index contributed by atoms with van der Waals surface area (Å²) < 4.78 is 28.9. The summed E-state index contributed by atoms with van der Waals surface area (Å²) in [4.78, 5) is 9.22. The molecule has 2 aliphatic rings. The van der Waals surface area contributed by atoms with Crippen LogP contribution in [0.1, 0.15) is 36.6 Å². The van der Waals surface area contributed by atoms with Crippen molar-refractivity contribution in [1.29, 1.82) is 0 Å². The number of aromatic nitrogens is 2. The Morgan fingerprint density at radius 3 is 2.37 bits per heavy atom. The first-order valence-corrected chi connectivity index (χ1v) is 11.4. The largest absolute Gasteiger partial charge is 0.473 e. The number of benzene rings is 1. The molecule has 1 aromatic heterocycles. The van der Waals surface area contributed by atoms with Gasteiger partial charge in [0.05, 0.1) is 18.9 Å². The van der Waals surface area contributed by atoms with Gasteiger partial charge in [-0.3, -0.25) is 0 Å². The molecule has 0 atom stereocenters. The molecule has 162 valence electrons. The third-order valence-corrected chi connectivity index (χ3v) is 6.27. The number of ether oxygens (including phenoxy) is 5. The Labute approximate surface area is 181 Å². The average Bonchev–Trinajstić information content (AvgIpc) is 3.26. The molecule has 2 aromatic rings. The van der Waals surface area contributed by atoms with Gasteiger partial charge in [-0.05, 0) is 18.7 Å². The second-order valence-corrected chi connectivity index (χ2v) is 8.29. The zero-order chi connectivity index (χ0) is 21.0. The van der Waals surface area contributed by atoms with Crippen LogP contribution in [0.2, 0.25) is 0 Å². The lowest BCUT2D eigenvalue weighted by Crippen LogP contribution is -2.36. The third-order valence-electron chi connectivity index (χ3n) is 5.73. The molecule has 0 N–H and O–H groups in total. The van der Waals surface area contributed by atoms with Crippen LogP contribution in [-0.2, 0) is 36.9 Å². The lowest BCUT2D eigenvalue weighted by atomic mass is 9.90. The molecule has 0 spiro atoms. The highest BCUT2D eigenvalue weighted by Crippen LogP contribution is 2.36. The fourth-order valence-electron chi connectivity index (χ4n) is 3.81. The van der Waals surface area contributed by atoms with E-state index in [0.717, 1.165) is 29.7 Å². The van der Waals surface area contributed by atoms with Crippen LogP contribution in [0.5, 0.6) is 5.88 Å². The lowest BCUT2D eigenvalue weighted by Gasteiger charge is -2.35. The second kappa shape index (κ2) is 9.20. The Hall–Kier alpha value is -1.71. The van der Waals surface area contributed by atoms with Crippen LogP contribution in [0.15, 0.2) is 35.5 Å². The van der Waals surface area contributed by atoms with E-state index in [-0.39, 0.29) is 0 Å². The van der Waals surface area contributed by atoms with E-state index in [4.69, 9.17) is 28.7 Å². The number of nitrogens with zero attached hydrogens (tertiary/aromatic N) is 2. The first kappa shape index (κ1) is 21.5. The molecule has 30 heavy (non-hydrogen) atoms. The zero-order valence-electron chi connectivity index (χ0n) is 17.7. The van der Waals surface area contributed by atoms with E-state index >= 15 is 0 Å². The summed E-state index contributed by atoms with van der Waals surface area (Å²) in [6, 6.07) is 9.98. The second-order valence-electron chi connectivity index (χ2n) is 7.52. The van der Waals surface area contributed by atoms with Crippen molar-refractivity contribution in [3.8, 4) is 5.88 Å². The van der Waals surface area contributed by atoms with Gasteiger partial charge in [-0.25, -0.2) is 4.98 Å². The van der Waals surface area contributed by atoms with Gasteiger partial charge in [0, 0.05) is 44.8 Å². The maximum Gasteiger partial charge on any atom is 0.218 e. The summed E-state index contributed by atoms with van der Waals surface area (Å²) in [7, 11) is 1.73. The summed E-state index contributed by atoms with van der Waals surface area (Å²) in [5.41, 5.74) is 2.43. The predicted octanol–water partition coefficient (Wildman–Crippen LogP) is 3.65. The van der Waals surface area contributed by atoms with Crippen molar-refractivity contribution in [2.75, 3.05) is 39.8 Å². The standard InChI is InChI=1S/C22H28N2O5S/c1-21(28-12-13-29-21)17-6-4-16(5-7-17)15-27-19-14-18(23-20(24-19)30-3)22(25-2)8-10-26-11-9-22/h4-7,14H,8-13,15H2,1-3H3. The summed E-state index contributed by atoms with van der Waals surface area (Å²) >= 11 is 1.49. The predicted molar refractivity (Wildman–Crippen MR) is 113 cm³/mol. The molecule has 0 saturated carbocycles. The van der Waals surface area contributed by atoms with E-state index in [1.165, 1.54) is 11.8 Å². The van der Waals surface area contributed by atoms with Crippen LogP contribution in [0.4, 0.5) is 0 Å². The number of thioether (sulfide) groups is 1. The molecule has 4 rings (SSSR count). The van der Waals surface area contributed by atoms with Gasteiger partial charge in [-0.2, -0.15) is 4.98 Å².